The van der Waals surface area contributed by atoms with Crippen LogP contribution >= 0.6 is 23.1 Å². The first-order chi connectivity index (χ1) is 13.7. The summed E-state index contributed by atoms with van der Waals surface area (Å²) in [4.78, 5) is 11.3. The van der Waals surface area contributed by atoms with Crippen molar-refractivity contribution in [2.24, 2.45) is 5.92 Å². The highest BCUT2D eigenvalue weighted by molar-refractivity contribution is 8.01. The van der Waals surface area contributed by atoms with Gasteiger partial charge in [0.15, 0.2) is 0 Å². The normalized spacial score (nSPS) is 24.1. The van der Waals surface area contributed by atoms with Crippen LogP contribution in [0.25, 0.3) is 0 Å². The number of aliphatic carboxylic acids is 1. The number of alkyl halides is 3. The van der Waals surface area contributed by atoms with Crippen molar-refractivity contribution in [2.45, 2.75) is 43.2 Å². The smallest absolute Gasteiger partial charge is 0.475 e. The average molecular weight is 456 g/mol. The molecule has 1 atom stereocenters. The summed E-state index contributed by atoms with van der Waals surface area (Å²) in [6.45, 7) is 6.96. The molecule has 3 fully saturated rings. The Morgan fingerprint density at radius 3 is 2.55 bits per heavy atom. The summed E-state index contributed by atoms with van der Waals surface area (Å²) in [6, 6.07) is 0. The molecule has 1 aromatic heterocycles. The number of carboxylic acids is 1. The Hall–Kier alpha value is -1.11. The van der Waals surface area contributed by atoms with Gasteiger partial charge in [-0.15, -0.1) is 22.0 Å². The van der Waals surface area contributed by atoms with Crippen molar-refractivity contribution >= 4 is 34.2 Å². The van der Waals surface area contributed by atoms with E-state index in [-0.39, 0.29) is 0 Å². The van der Waals surface area contributed by atoms with Crippen LogP contribution in [-0.2, 0) is 14.3 Å². The van der Waals surface area contributed by atoms with Crippen molar-refractivity contribution in [3.63, 3.8) is 0 Å². The van der Waals surface area contributed by atoms with E-state index < -0.39 is 12.1 Å². The predicted octanol–water partition coefficient (Wildman–Crippen LogP) is 2.99. The van der Waals surface area contributed by atoms with Gasteiger partial charge in [-0.05, 0) is 32.1 Å². The zero-order valence-electron chi connectivity index (χ0n) is 16.0. The van der Waals surface area contributed by atoms with Crippen LogP contribution in [0.15, 0.2) is 0 Å². The summed E-state index contributed by atoms with van der Waals surface area (Å²) in [5.74, 6) is -0.906. The number of carbonyl (C=O) groups is 1. The van der Waals surface area contributed by atoms with E-state index in [2.05, 4.69) is 26.9 Å². The molecule has 0 saturated carbocycles. The van der Waals surface area contributed by atoms with Crippen LogP contribution in [0.5, 0.6) is 0 Å². The van der Waals surface area contributed by atoms with Gasteiger partial charge in [-0.1, -0.05) is 11.3 Å². The van der Waals surface area contributed by atoms with Gasteiger partial charge in [0.25, 0.3) is 0 Å². The fourth-order valence-corrected chi connectivity index (χ4v) is 5.75. The molecule has 0 amide bonds. The predicted molar refractivity (Wildman–Crippen MR) is 104 cm³/mol. The van der Waals surface area contributed by atoms with E-state index in [4.69, 9.17) is 19.4 Å². The number of hydrogen-bond donors (Lipinski definition) is 1. The van der Waals surface area contributed by atoms with Gasteiger partial charge in [0.05, 0.1) is 10.9 Å². The number of halogens is 3. The molecule has 1 unspecified atom stereocenters. The number of aromatic nitrogens is 2. The van der Waals surface area contributed by atoms with E-state index in [1.54, 1.807) is 11.3 Å². The molecule has 0 radical (unpaired) electrons. The van der Waals surface area contributed by atoms with Crippen LogP contribution in [-0.4, -0.2) is 77.0 Å². The molecule has 7 nitrogen and oxygen atoms in total. The summed E-state index contributed by atoms with van der Waals surface area (Å²) in [6.07, 6.45) is -1.13. The molecule has 1 N–H and O–H groups in total. The molecule has 4 rings (SSSR count). The molecule has 12 heteroatoms. The van der Waals surface area contributed by atoms with E-state index in [0.717, 1.165) is 61.6 Å². The first-order valence-corrected chi connectivity index (χ1v) is 11.2. The molecule has 0 aromatic carbocycles. The van der Waals surface area contributed by atoms with Crippen LogP contribution in [0, 0.1) is 12.8 Å². The Morgan fingerprint density at radius 1 is 1.34 bits per heavy atom. The Bertz CT molecular complexity index is 692. The molecule has 3 aliphatic rings. The van der Waals surface area contributed by atoms with Gasteiger partial charge in [0, 0.05) is 38.7 Å². The second-order valence-electron chi connectivity index (χ2n) is 7.47. The van der Waals surface area contributed by atoms with E-state index in [1.807, 2.05) is 6.92 Å². The van der Waals surface area contributed by atoms with Gasteiger partial charge in [0.1, 0.15) is 5.01 Å². The summed E-state index contributed by atoms with van der Waals surface area (Å²) >= 11 is 3.79. The lowest BCUT2D eigenvalue weighted by atomic mass is 9.93. The fraction of sp³-hybridized carbons (Fsp3) is 0.824. The molecule has 0 bridgehead atoms. The molecule has 4 heterocycles. The maximum atomic E-state index is 10.6. The topological polar surface area (TPSA) is 84.8 Å². The lowest BCUT2D eigenvalue weighted by Gasteiger charge is -2.47. The molecular weight excluding hydrogens is 431 g/mol. The second kappa shape index (κ2) is 9.36. The zero-order chi connectivity index (χ0) is 21.1. The summed E-state index contributed by atoms with van der Waals surface area (Å²) in [5, 5.41) is 17.6. The SMILES string of the molecule is Cc1nnc(N2CC3(CC(OCC4CCOCC4)CS3)C2)s1.O=C(O)C(F)(F)F. The number of nitrogens with zero attached hydrogens (tertiary/aromatic N) is 3. The van der Waals surface area contributed by atoms with Gasteiger partial charge in [-0.25, -0.2) is 4.79 Å². The molecule has 1 spiro atoms. The lowest BCUT2D eigenvalue weighted by molar-refractivity contribution is -0.192. The molecule has 1 aromatic rings. The molecule has 0 aliphatic carbocycles. The average Bonchev–Trinajstić information content (AvgIpc) is 3.26. The monoisotopic (exact) mass is 455 g/mol. The summed E-state index contributed by atoms with van der Waals surface area (Å²) in [5.41, 5.74) is 0. The van der Waals surface area contributed by atoms with Crippen molar-refractivity contribution in [1.82, 2.24) is 10.2 Å². The number of rotatable bonds is 4. The van der Waals surface area contributed by atoms with Crippen molar-refractivity contribution < 1.29 is 32.5 Å². The van der Waals surface area contributed by atoms with Crippen LogP contribution in [0.2, 0.25) is 0 Å². The van der Waals surface area contributed by atoms with Gasteiger partial charge in [-0.2, -0.15) is 13.2 Å². The zero-order valence-corrected chi connectivity index (χ0v) is 17.6. The fourth-order valence-electron chi connectivity index (χ4n) is 3.51. The third-order valence-corrected chi connectivity index (χ3v) is 7.55. The van der Waals surface area contributed by atoms with Gasteiger partial charge >= 0.3 is 12.1 Å². The van der Waals surface area contributed by atoms with Crippen molar-refractivity contribution in [1.29, 1.82) is 0 Å². The first-order valence-electron chi connectivity index (χ1n) is 9.35. The van der Waals surface area contributed by atoms with Crippen LogP contribution in [0.3, 0.4) is 0 Å². The third-order valence-electron chi connectivity index (χ3n) is 5.07. The second-order valence-corrected chi connectivity index (χ2v) is 10.1. The summed E-state index contributed by atoms with van der Waals surface area (Å²) < 4.78 is 43.7. The molecule has 3 aliphatic heterocycles. The van der Waals surface area contributed by atoms with Crippen molar-refractivity contribution in [3.8, 4) is 0 Å². The van der Waals surface area contributed by atoms with E-state index in [0.29, 0.717) is 16.8 Å². The lowest BCUT2D eigenvalue weighted by Crippen LogP contribution is -2.59. The van der Waals surface area contributed by atoms with Crippen molar-refractivity contribution in [2.75, 3.05) is 43.6 Å². The summed E-state index contributed by atoms with van der Waals surface area (Å²) in [7, 11) is 0. The third kappa shape index (κ3) is 6.19. The quantitative estimate of drug-likeness (QED) is 0.742. The van der Waals surface area contributed by atoms with Crippen LogP contribution < -0.4 is 4.90 Å². The van der Waals surface area contributed by atoms with E-state index >= 15 is 0 Å². The number of hydrogen-bond acceptors (Lipinski definition) is 8. The Morgan fingerprint density at radius 2 is 2.00 bits per heavy atom. The molecule has 29 heavy (non-hydrogen) atoms. The highest BCUT2D eigenvalue weighted by Gasteiger charge is 2.50. The highest BCUT2D eigenvalue weighted by atomic mass is 32.2. The highest BCUT2D eigenvalue weighted by Crippen LogP contribution is 2.47. The Balaban J connectivity index is 0.000000298. The number of thioether (sulfide) groups is 1. The van der Waals surface area contributed by atoms with Gasteiger partial charge in [0.2, 0.25) is 5.13 Å². The number of carboxylic acid groups (broad SMARTS) is 1. The minimum Gasteiger partial charge on any atom is -0.475 e. The number of aryl methyl sites for hydroxylation is 1. The maximum absolute atomic E-state index is 10.6. The largest absolute Gasteiger partial charge is 0.490 e. The number of ether oxygens (including phenoxy) is 2. The Kier molecular flexibility index (Phi) is 7.28. The molecular formula is C17H24F3N3O4S2. The minimum atomic E-state index is -5.08. The first kappa shape index (κ1) is 22.6. The van der Waals surface area contributed by atoms with Crippen molar-refractivity contribution in [3.05, 3.63) is 5.01 Å². The van der Waals surface area contributed by atoms with E-state index in [1.165, 1.54) is 6.42 Å². The van der Waals surface area contributed by atoms with Gasteiger partial charge < -0.3 is 19.5 Å². The Labute approximate surface area is 175 Å². The van der Waals surface area contributed by atoms with Gasteiger partial charge in [-0.3, -0.25) is 0 Å². The molecule has 164 valence electrons. The van der Waals surface area contributed by atoms with E-state index in [9.17, 15) is 13.2 Å². The standard InChI is InChI=1S/C15H23N3O2S2.C2HF3O2/c1-11-16-17-14(22-11)18-9-15(10-18)6-13(8-21-15)20-7-12-2-4-19-5-3-12;3-2(4,5)1(6)7/h12-13H,2-10H2,1H3;(H,6,7). The van der Waals surface area contributed by atoms with Crippen LogP contribution in [0.4, 0.5) is 18.3 Å². The van der Waals surface area contributed by atoms with Crippen LogP contribution in [0.1, 0.15) is 24.3 Å². The maximum Gasteiger partial charge on any atom is 0.490 e. The molecule has 3 saturated heterocycles. The minimum absolute atomic E-state index is 0.403. The number of anilines is 1.